The quantitative estimate of drug-likeness (QED) is 0.845. The topological polar surface area (TPSA) is 93.3 Å². The Bertz CT molecular complexity index is 876. The maximum absolute atomic E-state index is 12.4. The molecule has 0 unspecified atom stereocenters. The van der Waals surface area contributed by atoms with Crippen LogP contribution < -0.4 is 11.0 Å². The Morgan fingerprint density at radius 3 is 2.27 bits per heavy atom. The molecule has 1 aromatic carbocycles. The fourth-order valence-electron chi connectivity index (χ4n) is 2.50. The molecule has 7 nitrogen and oxygen atoms in total. The zero-order valence-corrected chi connectivity index (χ0v) is 13.6. The fourth-order valence-corrected chi connectivity index (χ4v) is 3.01. The number of nitrogens with zero attached hydrogens (tertiary/aromatic N) is 2. The number of nitrogens with one attached hydrogen (secondary N) is 1. The monoisotopic (exact) mass is 367 g/mol. The van der Waals surface area contributed by atoms with E-state index in [4.69, 9.17) is 5.11 Å². The van der Waals surface area contributed by atoms with E-state index in [0.717, 1.165) is 0 Å². The van der Waals surface area contributed by atoms with Crippen molar-refractivity contribution < 1.29 is 14.7 Å². The van der Waals surface area contributed by atoms with Crippen molar-refractivity contribution in [1.82, 2.24) is 14.5 Å². The molecule has 1 aliphatic rings. The third-order valence-electron chi connectivity index (χ3n) is 4.12. The van der Waals surface area contributed by atoms with E-state index in [-0.39, 0.29) is 5.69 Å². The number of halogens is 1. The van der Waals surface area contributed by atoms with Crippen molar-refractivity contribution in [1.29, 1.82) is 0 Å². The van der Waals surface area contributed by atoms with Crippen LogP contribution in [0, 0.1) is 0 Å². The highest BCUT2D eigenvalue weighted by atomic mass is 79.9. The van der Waals surface area contributed by atoms with Gasteiger partial charge in [0, 0.05) is 18.6 Å². The third kappa shape index (κ3) is 2.06. The summed E-state index contributed by atoms with van der Waals surface area (Å²) in [6.45, 7) is 0. The van der Waals surface area contributed by atoms with Crippen LogP contribution in [0.4, 0.5) is 0 Å². The Labute approximate surface area is 133 Å². The zero-order valence-electron chi connectivity index (χ0n) is 12.0. The molecule has 2 N–H and O–H groups in total. The number of carboxylic acid groups (broad SMARTS) is 1. The number of carbonyl (C=O) groups excluding carboxylic acids is 1. The van der Waals surface area contributed by atoms with Gasteiger partial charge in [-0.1, -0.05) is 0 Å². The predicted octanol–water partition coefficient (Wildman–Crippen LogP) is 0.986. The van der Waals surface area contributed by atoms with E-state index in [1.54, 1.807) is 26.2 Å². The summed E-state index contributed by atoms with van der Waals surface area (Å²) >= 11 is 3.32. The van der Waals surface area contributed by atoms with Crippen LogP contribution in [0.1, 0.15) is 23.2 Å². The molecule has 0 saturated heterocycles. The van der Waals surface area contributed by atoms with E-state index >= 15 is 0 Å². The number of carbonyl (C=O) groups is 2. The molecule has 0 bridgehead atoms. The lowest BCUT2D eigenvalue weighted by Gasteiger charge is -2.13. The Morgan fingerprint density at radius 1 is 1.23 bits per heavy atom. The van der Waals surface area contributed by atoms with Gasteiger partial charge in [-0.2, -0.15) is 0 Å². The Hall–Kier alpha value is -2.09. The lowest BCUT2D eigenvalue weighted by Crippen LogP contribution is -2.43. The standard InChI is InChI=1S/C14H14BrN3O4/c1-17-9-5-7(8(15)6-10(9)18(2)13(17)22)11(19)16-14(3-4-14)12(20)21/h5-6H,3-4H2,1-2H3,(H,16,19)(H,20,21). The van der Waals surface area contributed by atoms with Gasteiger partial charge in [0.15, 0.2) is 0 Å². The predicted molar refractivity (Wildman–Crippen MR) is 82.9 cm³/mol. The van der Waals surface area contributed by atoms with Gasteiger partial charge in [-0.05, 0) is 40.9 Å². The van der Waals surface area contributed by atoms with Crippen LogP contribution in [0.25, 0.3) is 11.0 Å². The molecule has 1 aromatic heterocycles. The summed E-state index contributed by atoms with van der Waals surface area (Å²) in [5.41, 5.74) is 0.273. The number of rotatable bonds is 3. The van der Waals surface area contributed by atoms with Crippen LogP contribution in [-0.2, 0) is 18.9 Å². The molecule has 1 saturated carbocycles. The molecule has 3 rings (SSSR count). The molecule has 1 amide bonds. The van der Waals surface area contributed by atoms with Gasteiger partial charge >= 0.3 is 11.7 Å². The number of benzene rings is 1. The molecule has 1 aliphatic carbocycles. The van der Waals surface area contributed by atoms with Gasteiger partial charge < -0.3 is 10.4 Å². The van der Waals surface area contributed by atoms with Crippen molar-refractivity contribution in [2.45, 2.75) is 18.4 Å². The van der Waals surface area contributed by atoms with Gasteiger partial charge in [0.25, 0.3) is 5.91 Å². The molecule has 0 atom stereocenters. The molecule has 116 valence electrons. The van der Waals surface area contributed by atoms with E-state index in [0.29, 0.717) is 33.9 Å². The number of aromatic nitrogens is 2. The molecule has 22 heavy (non-hydrogen) atoms. The Morgan fingerprint density at radius 2 is 1.77 bits per heavy atom. The molecular formula is C14H14BrN3O4. The normalized spacial score (nSPS) is 15.8. The largest absolute Gasteiger partial charge is 0.480 e. The van der Waals surface area contributed by atoms with E-state index < -0.39 is 17.4 Å². The number of carboxylic acids is 1. The zero-order chi connectivity index (χ0) is 16.2. The van der Waals surface area contributed by atoms with Gasteiger partial charge in [-0.3, -0.25) is 13.9 Å². The summed E-state index contributed by atoms with van der Waals surface area (Å²) in [6, 6.07) is 3.28. The summed E-state index contributed by atoms with van der Waals surface area (Å²) < 4.78 is 3.45. The molecule has 1 heterocycles. The van der Waals surface area contributed by atoms with E-state index in [1.807, 2.05) is 0 Å². The van der Waals surface area contributed by atoms with Crippen molar-refractivity contribution in [2.24, 2.45) is 14.1 Å². The summed E-state index contributed by atoms with van der Waals surface area (Å²) in [4.78, 5) is 35.5. The third-order valence-corrected chi connectivity index (χ3v) is 4.77. The lowest BCUT2D eigenvalue weighted by molar-refractivity contribution is -0.140. The smallest absolute Gasteiger partial charge is 0.329 e. The Balaban J connectivity index is 2.06. The van der Waals surface area contributed by atoms with Crippen LogP contribution in [-0.4, -0.2) is 31.7 Å². The molecule has 1 fully saturated rings. The number of hydrogen-bond donors (Lipinski definition) is 2. The summed E-state index contributed by atoms with van der Waals surface area (Å²) in [5, 5.41) is 11.7. The van der Waals surface area contributed by atoms with E-state index in [2.05, 4.69) is 21.2 Å². The van der Waals surface area contributed by atoms with Gasteiger partial charge in [-0.15, -0.1) is 0 Å². The number of fused-ring (bicyclic) bond motifs is 1. The first-order valence-corrected chi connectivity index (χ1v) is 7.47. The molecule has 0 aliphatic heterocycles. The highest BCUT2D eigenvalue weighted by molar-refractivity contribution is 9.10. The summed E-state index contributed by atoms with van der Waals surface area (Å²) in [5.74, 6) is -1.49. The second-order valence-electron chi connectivity index (χ2n) is 5.56. The van der Waals surface area contributed by atoms with Crippen molar-refractivity contribution in [2.75, 3.05) is 0 Å². The van der Waals surface area contributed by atoms with Crippen LogP contribution in [0.3, 0.4) is 0 Å². The molecule has 2 aromatic rings. The number of imidazole rings is 1. The SMILES string of the molecule is Cn1c(=O)n(C)c2cc(C(=O)NC3(C(=O)O)CC3)c(Br)cc21. The summed E-state index contributed by atoms with van der Waals surface area (Å²) in [7, 11) is 3.28. The average molecular weight is 368 g/mol. The first-order valence-electron chi connectivity index (χ1n) is 6.68. The summed E-state index contributed by atoms with van der Waals surface area (Å²) in [6.07, 6.45) is 0.857. The molecule has 0 spiro atoms. The first kappa shape index (κ1) is 14.8. The van der Waals surface area contributed by atoms with Crippen molar-refractivity contribution in [3.8, 4) is 0 Å². The van der Waals surface area contributed by atoms with E-state index in [1.165, 1.54) is 9.13 Å². The second-order valence-corrected chi connectivity index (χ2v) is 6.42. The van der Waals surface area contributed by atoms with Crippen molar-refractivity contribution in [3.05, 3.63) is 32.7 Å². The van der Waals surface area contributed by atoms with Crippen LogP contribution in [0.2, 0.25) is 0 Å². The van der Waals surface area contributed by atoms with Gasteiger partial charge in [0.05, 0.1) is 16.6 Å². The number of amides is 1. The van der Waals surface area contributed by atoms with E-state index in [9.17, 15) is 14.4 Å². The van der Waals surface area contributed by atoms with Crippen LogP contribution >= 0.6 is 15.9 Å². The number of hydrogen-bond acceptors (Lipinski definition) is 3. The highest BCUT2D eigenvalue weighted by Gasteiger charge is 2.51. The van der Waals surface area contributed by atoms with Gasteiger partial charge in [0.2, 0.25) is 0 Å². The minimum Gasteiger partial charge on any atom is -0.480 e. The maximum atomic E-state index is 12.4. The van der Waals surface area contributed by atoms with Crippen molar-refractivity contribution in [3.63, 3.8) is 0 Å². The second kappa shape index (κ2) is 4.70. The number of aryl methyl sites for hydroxylation is 2. The Kier molecular flexibility index (Phi) is 3.17. The average Bonchev–Trinajstić information content (AvgIpc) is 3.21. The minimum atomic E-state index is -1.14. The van der Waals surface area contributed by atoms with Crippen LogP contribution in [0.15, 0.2) is 21.4 Å². The van der Waals surface area contributed by atoms with Crippen LogP contribution in [0.5, 0.6) is 0 Å². The molecule has 0 radical (unpaired) electrons. The van der Waals surface area contributed by atoms with Crippen molar-refractivity contribution >= 4 is 38.8 Å². The van der Waals surface area contributed by atoms with Gasteiger partial charge in [0.1, 0.15) is 5.54 Å². The fraction of sp³-hybridized carbons (Fsp3) is 0.357. The lowest BCUT2D eigenvalue weighted by atomic mass is 10.1. The van der Waals surface area contributed by atoms with Gasteiger partial charge in [-0.25, -0.2) is 9.59 Å². The maximum Gasteiger partial charge on any atom is 0.329 e. The minimum absolute atomic E-state index is 0.191. The molecular weight excluding hydrogens is 354 g/mol. The first-order chi connectivity index (χ1) is 10.3. The highest BCUT2D eigenvalue weighted by Crippen LogP contribution is 2.36. The molecule has 8 heteroatoms. The number of aliphatic carboxylic acids is 1.